The van der Waals surface area contributed by atoms with Gasteiger partial charge in [0.2, 0.25) is 0 Å². The summed E-state index contributed by atoms with van der Waals surface area (Å²) < 4.78 is 7.53. The van der Waals surface area contributed by atoms with Crippen molar-refractivity contribution >= 4 is 29.1 Å². The topological polar surface area (TPSA) is 64.4 Å². The molecule has 0 amide bonds. The Kier molecular flexibility index (Phi) is 7.48. The van der Waals surface area contributed by atoms with E-state index in [4.69, 9.17) is 14.9 Å². The molecule has 5 nitrogen and oxygen atoms in total. The summed E-state index contributed by atoms with van der Waals surface area (Å²) in [5.41, 5.74) is 4.67. The van der Waals surface area contributed by atoms with Gasteiger partial charge in [-0.3, -0.25) is 4.68 Å². The number of hydrogen-bond acceptors (Lipinski definition) is 5. The maximum atomic E-state index is 10.6. The molecule has 1 saturated carbocycles. The lowest BCUT2D eigenvalue weighted by Gasteiger charge is -2.28. The molecule has 2 heterocycles. The first-order valence-corrected chi connectivity index (χ1v) is 12.8. The van der Waals surface area contributed by atoms with Crippen molar-refractivity contribution in [1.82, 2.24) is 9.78 Å². The highest BCUT2D eigenvalue weighted by atomic mass is 32.2. The zero-order chi connectivity index (χ0) is 21.6. The molecular weight excluding hydrogens is 428 g/mol. The third-order valence-electron chi connectivity index (χ3n) is 5.93. The average Bonchev–Trinajstić information content (AvgIpc) is 3.43. The quantitative estimate of drug-likeness (QED) is 0.406. The van der Waals surface area contributed by atoms with Gasteiger partial charge >= 0.3 is 5.97 Å². The number of carbonyl (C=O) groups is 1. The normalized spacial score (nSPS) is 18.9. The maximum absolute atomic E-state index is 10.6. The van der Waals surface area contributed by atoms with Crippen LogP contribution in [0, 0.1) is 11.8 Å². The molecule has 1 N–H and O–H groups in total. The van der Waals surface area contributed by atoms with Crippen LogP contribution in [0.25, 0.3) is 22.4 Å². The van der Waals surface area contributed by atoms with Crippen molar-refractivity contribution in [3.63, 3.8) is 0 Å². The predicted octanol–water partition coefficient (Wildman–Crippen LogP) is 5.91. The maximum Gasteiger partial charge on any atom is 0.329 e. The molecule has 3 aromatic rings. The van der Waals surface area contributed by atoms with Crippen LogP contribution < -0.4 is 0 Å². The molecule has 1 aliphatic carbocycles. The number of carboxylic acids is 1. The highest BCUT2D eigenvalue weighted by Crippen LogP contribution is 2.40. The molecule has 1 aromatic carbocycles. The van der Waals surface area contributed by atoms with Crippen LogP contribution in [0.5, 0.6) is 0 Å². The van der Waals surface area contributed by atoms with Gasteiger partial charge in [0.25, 0.3) is 0 Å². The van der Waals surface area contributed by atoms with E-state index in [9.17, 15) is 4.79 Å². The molecule has 2 aromatic heterocycles. The van der Waals surface area contributed by atoms with E-state index in [0.717, 1.165) is 43.5 Å². The van der Waals surface area contributed by atoms with Crippen molar-refractivity contribution in [1.29, 1.82) is 0 Å². The van der Waals surface area contributed by atoms with Gasteiger partial charge in [-0.25, -0.2) is 4.79 Å². The molecule has 0 aliphatic heterocycles. The second-order valence-electron chi connectivity index (χ2n) is 8.09. The predicted molar refractivity (Wildman–Crippen MR) is 127 cm³/mol. The molecule has 0 bridgehead atoms. The van der Waals surface area contributed by atoms with Crippen molar-refractivity contribution in [2.45, 2.75) is 37.3 Å². The molecule has 1 aliphatic rings. The molecule has 0 atom stereocenters. The van der Waals surface area contributed by atoms with Gasteiger partial charge in [0.1, 0.15) is 17.3 Å². The molecule has 164 valence electrons. The van der Waals surface area contributed by atoms with Gasteiger partial charge < -0.3 is 9.84 Å². The molecule has 4 rings (SSSR count). The standard InChI is InChI=1S/C24H28N2O3S2/c1-30-24-22(20-11-12-31-16-20)23(19-5-3-2-4-6-19)25-26(24)13-17-7-9-18(10-8-17)14-29-15-21(27)28/h2-6,11-12,16-18H,7-10,13-15H2,1H3,(H,27,28). The monoisotopic (exact) mass is 456 g/mol. The lowest BCUT2D eigenvalue weighted by Crippen LogP contribution is -2.23. The second-order valence-corrected chi connectivity index (χ2v) is 9.66. The molecule has 0 saturated heterocycles. The molecule has 0 radical (unpaired) electrons. The Morgan fingerprint density at radius 1 is 1.16 bits per heavy atom. The third kappa shape index (κ3) is 5.40. The van der Waals surface area contributed by atoms with Crippen molar-refractivity contribution in [2.75, 3.05) is 19.5 Å². The Morgan fingerprint density at radius 2 is 1.90 bits per heavy atom. The van der Waals surface area contributed by atoms with Crippen molar-refractivity contribution < 1.29 is 14.6 Å². The SMILES string of the molecule is CSc1c(-c2ccsc2)c(-c2ccccc2)nn1CC1CCC(COCC(=O)O)CC1. The van der Waals surface area contributed by atoms with Crippen LogP contribution in [0.2, 0.25) is 0 Å². The van der Waals surface area contributed by atoms with Crippen LogP contribution in [0.15, 0.2) is 52.2 Å². The van der Waals surface area contributed by atoms with E-state index >= 15 is 0 Å². The number of thioether (sulfide) groups is 1. The molecule has 0 unspecified atom stereocenters. The summed E-state index contributed by atoms with van der Waals surface area (Å²) in [6.07, 6.45) is 6.56. The van der Waals surface area contributed by atoms with Gasteiger partial charge in [-0.05, 0) is 66.2 Å². The van der Waals surface area contributed by atoms with Gasteiger partial charge in [-0.1, -0.05) is 30.3 Å². The highest BCUT2D eigenvalue weighted by Gasteiger charge is 2.26. The third-order valence-corrected chi connectivity index (χ3v) is 7.42. The van der Waals surface area contributed by atoms with Gasteiger partial charge in [0.15, 0.2) is 0 Å². The zero-order valence-electron chi connectivity index (χ0n) is 17.7. The Hall–Kier alpha value is -2.09. The molecule has 1 fully saturated rings. The van der Waals surface area contributed by atoms with Crippen LogP contribution >= 0.6 is 23.1 Å². The molecular formula is C24H28N2O3S2. The summed E-state index contributed by atoms with van der Waals surface area (Å²) in [7, 11) is 0. The van der Waals surface area contributed by atoms with Crippen LogP contribution in [0.1, 0.15) is 25.7 Å². The minimum Gasteiger partial charge on any atom is -0.480 e. The fraction of sp³-hybridized carbons (Fsp3) is 0.417. The number of carboxylic acid groups (broad SMARTS) is 1. The fourth-order valence-corrected chi connectivity index (χ4v) is 5.77. The Bertz CT molecular complexity index is 978. The van der Waals surface area contributed by atoms with Crippen molar-refractivity contribution in [2.24, 2.45) is 11.8 Å². The molecule has 7 heteroatoms. The summed E-state index contributed by atoms with van der Waals surface area (Å²) in [5, 5.41) is 19.4. The number of nitrogens with zero attached hydrogens (tertiary/aromatic N) is 2. The van der Waals surface area contributed by atoms with Gasteiger partial charge in [-0.15, -0.1) is 11.8 Å². The number of rotatable bonds is 9. The largest absolute Gasteiger partial charge is 0.480 e. The number of aliphatic carboxylic acids is 1. The lowest BCUT2D eigenvalue weighted by atomic mass is 9.82. The van der Waals surface area contributed by atoms with Gasteiger partial charge in [0.05, 0.1) is 6.61 Å². The number of benzene rings is 1. The van der Waals surface area contributed by atoms with E-state index in [1.54, 1.807) is 23.1 Å². The highest BCUT2D eigenvalue weighted by molar-refractivity contribution is 7.98. The minimum absolute atomic E-state index is 0.197. The average molecular weight is 457 g/mol. The smallest absolute Gasteiger partial charge is 0.329 e. The summed E-state index contributed by atoms with van der Waals surface area (Å²) in [5.74, 6) is 0.155. The number of aromatic nitrogens is 2. The van der Waals surface area contributed by atoms with Crippen LogP contribution in [-0.4, -0.2) is 40.3 Å². The number of thiophene rings is 1. The number of ether oxygens (including phenoxy) is 1. The van der Waals surface area contributed by atoms with Gasteiger partial charge in [-0.2, -0.15) is 16.4 Å². The van der Waals surface area contributed by atoms with Gasteiger partial charge in [0, 0.05) is 17.7 Å². The Morgan fingerprint density at radius 3 is 2.55 bits per heavy atom. The van der Waals surface area contributed by atoms with E-state index < -0.39 is 5.97 Å². The Balaban J connectivity index is 1.51. The number of hydrogen-bond donors (Lipinski definition) is 1. The van der Waals surface area contributed by atoms with E-state index in [1.165, 1.54) is 16.2 Å². The molecule has 0 spiro atoms. The summed E-state index contributed by atoms with van der Waals surface area (Å²) >= 11 is 3.48. The van der Waals surface area contributed by atoms with Crippen LogP contribution in [0.4, 0.5) is 0 Å². The summed E-state index contributed by atoms with van der Waals surface area (Å²) in [4.78, 5) is 10.6. The van der Waals surface area contributed by atoms with Crippen molar-refractivity contribution in [3.05, 3.63) is 47.2 Å². The summed E-state index contributed by atoms with van der Waals surface area (Å²) in [6.45, 7) is 1.28. The first-order valence-electron chi connectivity index (χ1n) is 10.7. The summed E-state index contributed by atoms with van der Waals surface area (Å²) in [6, 6.07) is 12.6. The van der Waals surface area contributed by atoms with Crippen molar-refractivity contribution in [3.8, 4) is 22.4 Å². The molecule has 31 heavy (non-hydrogen) atoms. The lowest BCUT2D eigenvalue weighted by molar-refractivity contribution is -0.142. The van der Waals surface area contributed by atoms with E-state index in [1.807, 2.05) is 6.07 Å². The fourth-order valence-electron chi connectivity index (χ4n) is 4.38. The van der Waals surface area contributed by atoms with Crippen LogP contribution in [0.3, 0.4) is 0 Å². The van der Waals surface area contributed by atoms with E-state index in [2.05, 4.69) is 52.0 Å². The Labute approximate surface area is 191 Å². The van der Waals surface area contributed by atoms with Crippen LogP contribution in [-0.2, 0) is 16.1 Å². The van der Waals surface area contributed by atoms with E-state index in [0.29, 0.717) is 18.4 Å². The second kappa shape index (κ2) is 10.5. The van der Waals surface area contributed by atoms with E-state index in [-0.39, 0.29) is 6.61 Å². The zero-order valence-corrected chi connectivity index (χ0v) is 19.3. The minimum atomic E-state index is -0.896. The first kappa shape index (κ1) is 22.1. The first-order chi connectivity index (χ1) is 15.2.